The quantitative estimate of drug-likeness (QED) is 0.758. The van der Waals surface area contributed by atoms with E-state index in [0.717, 1.165) is 11.1 Å². The molecule has 1 heterocycles. The molecule has 2 N–H and O–H groups in total. The molecule has 1 saturated heterocycles. The summed E-state index contributed by atoms with van der Waals surface area (Å²) in [5, 5.41) is 3.63. The van der Waals surface area contributed by atoms with Crippen molar-refractivity contribution >= 4 is 35.1 Å². The Morgan fingerprint density at radius 3 is 2.70 bits per heavy atom. The van der Waals surface area contributed by atoms with Gasteiger partial charge in [0.15, 0.2) is 5.11 Å². The average molecular weight is 338 g/mol. The van der Waals surface area contributed by atoms with Crippen molar-refractivity contribution in [2.75, 3.05) is 14.1 Å². The highest BCUT2D eigenvalue weighted by atomic mass is 32.1. The van der Waals surface area contributed by atoms with Crippen LogP contribution in [0.1, 0.15) is 16.8 Å². The highest BCUT2D eigenvalue weighted by Crippen LogP contribution is 2.17. The highest BCUT2D eigenvalue weighted by molar-refractivity contribution is 7.80. The number of hydrogen-bond acceptors (Lipinski definition) is 4. The number of rotatable bonds is 4. The van der Waals surface area contributed by atoms with E-state index in [1.807, 2.05) is 0 Å². The van der Waals surface area contributed by atoms with Gasteiger partial charge in [0.05, 0.1) is 6.42 Å². The van der Waals surface area contributed by atoms with Gasteiger partial charge in [-0.3, -0.25) is 24.7 Å². The van der Waals surface area contributed by atoms with Crippen LogP contribution in [0.25, 0.3) is 0 Å². The number of amides is 3. The van der Waals surface area contributed by atoms with E-state index in [0.29, 0.717) is 0 Å². The Morgan fingerprint density at radius 2 is 2.09 bits per heavy atom. The number of likely N-dealkylation sites (N-methyl/N-ethyl adjacent to an activating group) is 1. The smallest absolute Gasteiger partial charge is 0.269 e. The van der Waals surface area contributed by atoms with E-state index >= 15 is 0 Å². The number of carbonyl (C=O) groups is 3. The predicted molar refractivity (Wildman–Crippen MR) is 83.5 cm³/mol. The molecule has 1 aliphatic heterocycles. The Morgan fingerprint density at radius 1 is 1.39 bits per heavy atom. The van der Waals surface area contributed by atoms with Crippen LogP contribution in [0.5, 0.6) is 0 Å². The lowest BCUT2D eigenvalue weighted by Gasteiger charge is -2.23. The first-order valence-electron chi connectivity index (χ1n) is 6.73. The van der Waals surface area contributed by atoms with Crippen LogP contribution >= 0.6 is 12.2 Å². The molecule has 0 spiro atoms. The molecule has 0 radical (unpaired) electrons. The third-order valence-electron chi connectivity index (χ3n) is 3.39. The van der Waals surface area contributed by atoms with E-state index in [1.165, 1.54) is 37.2 Å². The van der Waals surface area contributed by atoms with Crippen molar-refractivity contribution in [1.82, 2.24) is 20.7 Å². The summed E-state index contributed by atoms with van der Waals surface area (Å²) in [4.78, 5) is 37.1. The molecule has 7 nitrogen and oxygen atoms in total. The Labute approximate surface area is 137 Å². The van der Waals surface area contributed by atoms with Gasteiger partial charge in [0.1, 0.15) is 11.9 Å². The fourth-order valence-electron chi connectivity index (χ4n) is 2.11. The fraction of sp³-hybridized carbons (Fsp3) is 0.286. The van der Waals surface area contributed by atoms with Gasteiger partial charge in [-0.2, -0.15) is 0 Å². The minimum absolute atomic E-state index is 0.0636. The van der Waals surface area contributed by atoms with Crippen LogP contribution < -0.4 is 10.7 Å². The molecule has 1 atom stereocenters. The average Bonchev–Trinajstić information content (AvgIpc) is 2.72. The zero-order valence-electron chi connectivity index (χ0n) is 12.5. The van der Waals surface area contributed by atoms with Crippen molar-refractivity contribution < 1.29 is 18.8 Å². The lowest BCUT2D eigenvalue weighted by atomic mass is 10.2. The lowest BCUT2D eigenvalue weighted by molar-refractivity contribution is -0.131. The number of halogens is 1. The van der Waals surface area contributed by atoms with Crippen LogP contribution in [0.15, 0.2) is 24.3 Å². The van der Waals surface area contributed by atoms with E-state index < -0.39 is 23.7 Å². The number of thiocarbonyl (C=S) groups is 1. The van der Waals surface area contributed by atoms with Gasteiger partial charge in [-0.15, -0.1) is 0 Å². The summed E-state index contributed by atoms with van der Waals surface area (Å²) in [6.45, 7) is 0. The summed E-state index contributed by atoms with van der Waals surface area (Å²) in [6, 6.07) is 4.16. The molecular formula is C14H15FN4O3S. The Kier molecular flexibility index (Phi) is 4.89. The normalized spacial score (nSPS) is 17.4. The number of hydrogen-bond donors (Lipinski definition) is 2. The minimum Gasteiger partial charge on any atom is -0.359 e. The second-order valence-corrected chi connectivity index (χ2v) is 5.26. The summed E-state index contributed by atoms with van der Waals surface area (Å²) in [5.41, 5.74) is 2.53. The van der Waals surface area contributed by atoms with Crippen molar-refractivity contribution in [3.8, 4) is 0 Å². The molecule has 23 heavy (non-hydrogen) atoms. The third-order valence-corrected chi connectivity index (χ3v) is 3.86. The first kappa shape index (κ1) is 16.8. The van der Waals surface area contributed by atoms with Crippen LogP contribution in [0.3, 0.4) is 0 Å². The van der Waals surface area contributed by atoms with E-state index in [9.17, 15) is 18.8 Å². The molecule has 1 aromatic rings. The summed E-state index contributed by atoms with van der Waals surface area (Å²) in [7, 11) is 2.90. The summed E-state index contributed by atoms with van der Waals surface area (Å²) in [6.07, 6.45) is -0.163. The van der Waals surface area contributed by atoms with Crippen molar-refractivity contribution in [2.45, 2.75) is 12.5 Å². The first-order valence-corrected chi connectivity index (χ1v) is 7.14. The van der Waals surface area contributed by atoms with Crippen molar-refractivity contribution in [3.63, 3.8) is 0 Å². The van der Waals surface area contributed by atoms with Crippen LogP contribution in [0.4, 0.5) is 4.39 Å². The monoisotopic (exact) mass is 338 g/mol. The second-order valence-electron chi connectivity index (χ2n) is 4.89. The fourth-order valence-corrected chi connectivity index (χ4v) is 2.37. The highest BCUT2D eigenvalue weighted by Gasteiger charge is 2.42. The predicted octanol–water partition coefficient (Wildman–Crippen LogP) is 0.0341. The molecule has 1 aromatic carbocycles. The summed E-state index contributed by atoms with van der Waals surface area (Å²) < 4.78 is 13.2. The van der Waals surface area contributed by atoms with Gasteiger partial charge in [0.2, 0.25) is 5.91 Å². The molecule has 0 bridgehead atoms. The molecule has 0 aromatic heterocycles. The van der Waals surface area contributed by atoms with E-state index in [4.69, 9.17) is 12.2 Å². The second kappa shape index (κ2) is 6.69. The molecular weight excluding hydrogens is 323 g/mol. The molecule has 0 saturated carbocycles. The van der Waals surface area contributed by atoms with E-state index in [2.05, 4.69) is 10.7 Å². The van der Waals surface area contributed by atoms with Crippen molar-refractivity contribution in [1.29, 1.82) is 0 Å². The zero-order chi connectivity index (χ0) is 17.1. The minimum atomic E-state index is -0.940. The molecule has 1 fully saturated rings. The number of hydrazine groups is 1. The molecule has 9 heteroatoms. The third kappa shape index (κ3) is 3.45. The van der Waals surface area contributed by atoms with Gasteiger partial charge < -0.3 is 5.32 Å². The maximum absolute atomic E-state index is 13.2. The van der Waals surface area contributed by atoms with Gasteiger partial charge in [0.25, 0.3) is 11.8 Å². The lowest BCUT2D eigenvalue weighted by Crippen LogP contribution is -2.50. The zero-order valence-corrected chi connectivity index (χ0v) is 13.3. The van der Waals surface area contributed by atoms with E-state index in [1.54, 1.807) is 0 Å². The van der Waals surface area contributed by atoms with Crippen molar-refractivity contribution in [3.05, 3.63) is 35.6 Å². The molecule has 3 amide bonds. The van der Waals surface area contributed by atoms with Crippen LogP contribution in [-0.4, -0.2) is 52.9 Å². The molecule has 2 rings (SSSR count). The maximum Gasteiger partial charge on any atom is 0.269 e. The van der Waals surface area contributed by atoms with Gasteiger partial charge in [-0.05, 0) is 30.4 Å². The number of nitrogens with zero attached hydrogens (tertiary/aromatic N) is 2. The topological polar surface area (TPSA) is 81.8 Å². The summed E-state index contributed by atoms with van der Waals surface area (Å²) >= 11 is 5.11. The molecule has 0 aliphatic carbocycles. The first-order chi connectivity index (χ1) is 10.8. The van der Waals surface area contributed by atoms with Gasteiger partial charge in [-0.1, -0.05) is 6.07 Å². The Hall–Kier alpha value is -2.55. The molecule has 1 aliphatic rings. The van der Waals surface area contributed by atoms with Crippen LogP contribution in [-0.2, 0) is 9.59 Å². The van der Waals surface area contributed by atoms with Crippen LogP contribution in [0.2, 0.25) is 0 Å². The standard InChI is InChI=1S/C14H15FN4O3S/c1-16-11(20)7-10-13(22)18(2)14(23)19(10)17-12(21)8-4-3-5-9(15)6-8/h3-6,10H,7H2,1-2H3,(H,16,20)(H,17,21)/t10-/m1/s1. The SMILES string of the molecule is CNC(=O)C[C@@H]1C(=O)N(C)C(=S)N1NC(=O)c1cccc(F)c1. The Bertz CT molecular complexity index is 682. The van der Waals surface area contributed by atoms with Gasteiger partial charge in [-0.25, -0.2) is 9.40 Å². The molecule has 0 unspecified atom stereocenters. The number of benzene rings is 1. The van der Waals surface area contributed by atoms with E-state index in [-0.39, 0.29) is 23.0 Å². The number of nitrogens with one attached hydrogen (secondary N) is 2. The van der Waals surface area contributed by atoms with Crippen molar-refractivity contribution in [2.24, 2.45) is 0 Å². The number of carbonyl (C=O) groups excluding carboxylic acids is 3. The van der Waals surface area contributed by atoms with Gasteiger partial charge >= 0.3 is 0 Å². The summed E-state index contributed by atoms with van der Waals surface area (Å²) in [5.74, 6) is -1.96. The largest absolute Gasteiger partial charge is 0.359 e. The van der Waals surface area contributed by atoms with Gasteiger partial charge in [0, 0.05) is 19.7 Å². The van der Waals surface area contributed by atoms with Crippen LogP contribution in [0, 0.1) is 5.82 Å². The molecule has 122 valence electrons. The maximum atomic E-state index is 13.2. The Balaban J connectivity index is 2.20.